The fourth-order valence-electron chi connectivity index (χ4n) is 2.21. The van der Waals surface area contributed by atoms with Gasteiger partial charge in [0.05, 0.1) is 6.61 Å². The van der Waals surface area contributed by atoms with Crippen LogP contribution in [0.5, 0.6) is 0 Å². The summed E-state index contributed by atoms with van der Waals surface area (Å²) in [6, 6.07) is 8.18. The van der Waals surface area contributed by atoms with Gasteiger partial charge in [-0.05, 0) is 37.5 Å². The first-order chi connectivity index (χ1) is 10.1. The van der Waals surface area contributed by atoms with Gasteiger partial charge in [0.15, 0.2) is 0 Å². The molecular weight excluding hydrogens is 283 g/mol. The summed E-state index contributed by atoms with van der Waals surface area (Å²) in [5.74, 6) is 2.39. The van der Waals surface area contributed by atoms with Crippen molar-refractivity contribution in [1.29, 1.82) is 0 Å². The molecule has 0 N–H and O–H groups in total. The number of unbranched alkanes of at least 4 members (excludes halogenated alkanes) is 1. The summed E-state index contributed by atoms with van der Waals surface area (Å²) in [6.45, 7) is 6.38. The van der Waals surface area contributed by atoms with Crippen LogP contribution in [0.15, 0.2) is 41.9 Å². The second-order valence-corrected chi connectivity index (χ2v) is 6.99. The van der Waals surface area contributed by atoms with Crippen LogP contribution in [-0.4, -0.2) is 6.61 Å². The van der Waals surface area contributed by atoms with Crippen LogP contribution in [0, 0.1) is 6.92 Å². The van der Waals surface area contributed by atoms with Gasteiger partial charge < -0.3 is 4.52 Å². The summed E-state index contributed by atoms with van der Waals surface area (Å²) in [5, 5.41) is 0. The highest BCUT2D eigenvalue weighted by Crippen LogP contribution is 2.56. The van der Waals surface area contributed by atoms with Crippen molar-refractivity contribution in [1.82, 2.24) is 0 Å². The quantitative estimate of drug-likeness (QED) is 0.635. The first-order valence-corrected chi connectivity index (χ1v) is 9.12. The number of benzene rings is 1. The summed E-state index contributed by atoms with van der Waals surface area (Å²) in [7, 11) is -3.17. The van der Waals surface area contributed by atoms with E-state index < -0.39 is 7.60 Å². The number of rotatable bonds is 6. The van der Waals surface area contributed by atoms with Crippen molar-refractivity contribution < 1.29 is 13.6 Å². The Morgan fingerprint density at radius 2 is 1.90 bits per heavy atom. The smallest absolute Gasteiger partial charge is 0.403 e. The largest absolute Gasteiger partial charge is 0.426 e. The highest BCUT2D eigenvalue weighted by Gasteiger charge is 2.28. The van der Waals surface area contributed by atoms with E-state index in [-0.39, 0.29) is 0 Å². The van der Waals surface area contributed by atoms with Crippen LogP contribution in [0.1, 0.15) is 44.2 Å². The van der Waals surface area contributed by atoms with Crippen LogP contribution < -0.4 is 0 Å². The molecule has 1 aromatic carbocycles. The fraction of sp³-hybridized carbons (Fsp3) is 0.412. The lowest BCUT2D eigenvalue weighted by atomic mass is 10.0. The molecule has 0 radical (unpaired) electrons. The monoisotopic (exact) mass is 306 g/mol. The number of allylic oxidation sites excluding steroid dienone is 3. The molecular formula is C17H23O3P. The molecule has 3 nitrogen and oxygen atoms in total. The second kappa shape index (κ2) is 7.11. The van der Waals surface area contributed by atoms with E-state index in [0.717, 1.165) is 36.2 Å². The molecule has 1 atom stereocenters. The van der Waals surface area contributed by atoms with Gasteiger partial charge in [0.25, 0.3) is 0 Å². The van der Waals surface area contributed by atoms with E-state index in [1.54, 1.807) is 5.82 Å². The molecule has 21 heavy (non-hydrogen) atoms. The van der Waals surface area contributed by atoms with Crippen molar-refractivity contribution in [3.8, 4) is 0 Å². The van der Waals surface area contributed by atoms with Crippen LogP contribution in [0.2, 0.25) is 0 Å². The molecule has 4 heteroatoms. The van der Waals surface area contributed by atoms with Crippen molar-refractivity contribution >= 4 is 13.2 Å². The van der Waals surface area contributed by atoms with E-state index in [1.807, 2.05) is 25.1 Å². The van der Waals surface area contributed by atoms with E-state index in [4.69, 9.17) is 9.05 Å². The van der Waals surface area contributed by atoms with E-state index in [1.165, 1.54) is 5.56 Å². The van der Waals surface area contributed by atoms with E-state index in [0.29, 0.717) is 6.61 Å². The predicted molar refractivity (Wildman–Crippen MR) is 87.1 cm³/mol. The van der Waals surface area contributed by atoms with Crippen molar-refractivity contribution in [2.75, 3.05) is 6.61 Å². The molecule has 1 aliphatic heterocycles. The van der Waals surface area contributed by atoms with Crippen LogP contribution >= 0.6 is 7.60 Å². The van der Waals surface area contributed by atoms with E-state index in [2.05, 4.69) is 26.0 Å². The Bertz CT molecular complexity index is 585. The van der Waals surface area contributed by atoms with Gasteiger partial charge in [0.1, 0.15) is 5.76 Å². The zero-order valence-corrected chi connectivity index (χ0v) is 13.9. The molecule has 0 saturated carbocycles. The molecule has 0 saturated heterocycles. The molecule has 0 aromatic heterocycles. The highest BCUT2D eigenvalue weighted by atomic mass is 31.2. The molecule has 0 aliphatic carbocycles. The molecule has 1 unspecified atom stereocenters. The Labute approximate surface area is 127 Å². The summed E-state index contributed by atoms with van der Waals surface area (Å²) in [6.07, 6.45) is 4.86. The van der Waals surface area contributed by atoms with Gasteiger partial charge in [0.2, 0.25) is 0 Å². The molecule has 2 rings (SSSR count). The summed E-state index contributed by atoms with van der Waals surface area (Å²) < 4.78 is 23.7. The molecule has 0 fully saturated rings. The van der Waals surface area contributed by atoms with Gasteiger partial charge in [-0.15, -0.1) is 0 Å². The third-order valence-electron chi connectivity index (χ3n) is 3.33. The second-order valence-electron chi connectivity index (χ2n) is 5.21. The van der Waals surface area contributed by atoms with Crippen molar-refractivity contribution in [2.45, 2.75) is 40.0 Å². The fourth-order valence-corrected chi connectivity index (χ4v) is 3.79. The molecule has 0 bridgehead atoms. The van der Waals surface area contributed by atoms with Gasteiger partial charge >= 0.3 is 7.60 Å². The van der Waals surface area contributed by atoms with E-state index in [9.17, 15) is 4.57 Å². The SMILES string of the molecule is CCCCC1=CC(c2ccc(C)cc2)=CP(=O)(OCC)O1. The summed E-state index contributed by atoms with van der Waals surface area (Å²) >= 11 is 0. The van der Waals surface area contributed by atoms with Gasteiger partial charge in [-0.3, -0.25) is 4.52 Å². The number of hydrogen-bond acceptors (Lipinski definition) is 3. The third-order valence-corrected chi connectivity index (χ3v) is 5.03. The lowest BCUT2D eigenvalue weighted by molar-refractivity contribution is 0.252. The van der Waals surface area contributed by atoms with Gasteiger partial charge in [-0.1, -0.05) is 43.2 Å². The maximum atomic E-state index is 12.7. The Hall–Kier alpha value is -1.31. The highest BCUT2D eigenvalue weighted by molar-refractivity contribution is 7.57. The maximum Gasteiger partial charge on any atom is 0.403 e. The van der Waals surface area contributed by atoms with Crippen LogP contribution in [0.4, 0.5) is 0 Å². The minimum absolute atomic E-state index is 0.371. The van der Waals surface area contributed by atoms with Gasteiger partial charge in [-0.25, -0.2) is 4.57 Å². The van der Waals surface area contributed by atoms with Crippen LogP contribution in [0.3, 0.4) is 0 Å². The van der Waals surface area contributed by atoms with Gasteiger partial charge in [-0.2, -0.15) is 0 Å². The van der Waals surface area contributed by atoms with Crippen molar-refractivity contribution in [3.63, 3.8) is 0 Å². The van der Waals surface area contributed by atoms with Gasteiger partial charge in [0, 0.05) is 12.2 Å². The number of hydrogen-bond donors (Lipinski definition) is 0. The topological polar surface area (TPSA) is 35.5 Å². The Balaban J connectivity index is 2.34. The zero-order chi connectivity index (χ0) is 15.3. The third kappa shape index (κ3) is 4.33. The standard InChI is InChI=1S/C17H23O3P/c1-4-6-7-17-12-16(13-21(18,20-17)19-5-2)15-10-8-14(3)9-11-15/h8-13H,4-7H2,1-3H3. The summed E-state index contributed by atoms with van der Waals surface area (Å²) in [4.78, 5) is 0. The van der Waals surface area contributed by atoms with E-state index >= 15 is 0 Å². The molecule has 0 amide bonds. The lowest BCUT2D eigenvalue weighted by Crippen LogP contribution is -2.01. The molecule has 0 spiro atoms. The average molecular weight is 306 g/mol. The minimum Gasteiger partial charge on any atom is -0.426 e. The van der Waals surface area contributed by atoms with Crippen LogP contribution in [-0.2, 0) is 13.6 Å². The van der Waals surface area contributed by atoms with Crippen molar-refractivity contribution in [2.24, 2.45) is 0 Å². The zero-order valence-electron chi connectivity index (χ0n) is 13.0. The van der Waals surface area contributed by atoms with Crippen molar-refractivity contribution in [3.05, 3.63) is 53.0 Å². The molecule has 1 aromatic rings. The minimum atomic E-state index is -3.17. The maximum absolute atomic E-state index is 12.7. The summed E-state index contributed by atoms with van der Waals surface area (Å²) in [5.41, 5.74) is 3.16. The lowest BCUT2D eigenvalue weighted by Gasteiger charge is -2.23. The Morgan fingerprint density at radius 3 is 2.52 bits per heavy atom. The molecule has 1 heterocycles. The Morgan fingerprint density at radius 1 is 1.19 bits per heavy atom. The Kier molecular flexibility index (Phi) is 5.44. The first-order valence-electron chi connectivity index (χ1n) is 7.50. The normalized spacial score (nSPS) is 21.5. The first kappa shape index (κ1) is 16.1. The van der Waals surface area contributed by atoms with Crippen LogP contribution in [0.25, 0.3) is 5.57 Å². The average Bonchev–Trinajstić information content (AvgIpc) is 2.45. The molecule has 114 valence electrons. The molecule has 1 aliphatic rings. The predicted octanol–water partition coefficient (Wildman–Crippen LogP) is 5.67. The number of aryl methyl sites for hydroxylation is 1.